The number of aryl methyl sites for hydroxylation is 1. The Balaban J connectivity index is 2.06. The molecule has 0 radical (unpaired) electrons. The summed E-state index contributed by atoms with van der Waals surface area (Å²) in [7, 11) is 0. The first-order valence-corrected chi connectivity index (χ1v) is 6.36. The SMILES string of the molecule is CCc1cc(Nc2cccc(Cl)c2)n2ncnc2n1. The summed E-state index contributed by atoms with van der Waals surface area (Å²) in [6.45, 7) is 2.05. The molecule has 0 aliphatic carbocycles. The lowest BCUT2D eigenvalue weighted by atomic mass is 10.3. The van der Waals surface area contributed by atoms with Crippen molar-refractivity contribution in [2.24, 2.45) is 0 Å². The standard InChI is InChI=1S/C13H12ClN5/c1-2-10-7-12(19-13(18-10)15-8-16-19)17-11-5-3-4-9(14)6-11/h3-8,17H,2H2,1H3. The molecule has 3 rings (SSSR count). The maximum atomic E-state index is 5.98. The Morgan fingerprint density at radius 3 is 3.00 bits per heavy atom. The largest absolute Gasteiger partial charge is 0.340 e. The van der Waals surface area contributed by atoms with Crippen molar-refractivity contribution in [1.82, 2.24) is 19.6 Å². The zero-order valence-electron chi connectivity index (χ0n) is 10.3. The number of anilines is 2. The fourth-order valence-corrected chi connectivity index (χ4v) is 2.04. The molecule has 6 heteroatoms. The van der Waals surface area contributed by atoms with E-state index in [1.54, 1.807) is 4.52 Å². The van der Waals surface area contributed by atoms with E-state index in [0.29, 0.717) is 10.8 Å². The molecule has 0 bridgehead atoms. The predicted octanol–water partition coefficient (Wildman–Crippen LogP) is 3.08. The van der Waals surface area contributed by atoms with E-state index in [4.69, 9.17) is 11.6 Å². The van der Waals surface area contributed by atoms with Gasteiger partial charge in [-0.2, -0.15) is 14.6 Å². The number of halogens is 1. The van der Waals surface area contributed by atoms with E-state index in [1.165, 1.54) is 6.33 Å². The lowest BCUT2D eigenvalue weighted by Gasteiger charge is -2.09. The van der Waals surface area contributed by atoms with Crippen LogP contribution in [-0.4, -0.2) is 19.6 Å². The van der Waals surface area contributed by atoms with Gasteiger partial charge in [0.2, 0.25) is 0 Å². The van der Waals surface area contributed by atoms with Crippen LogP contribution < -0.4 is 5.32 Å². The maximum absolute atomic E-state index is 5.98. The molecule has 0 saturated heterocycles. The van der Waals surface area contributed by atoms with Gasteiger partial charge in [0.15, 0.2) is 0 Å². The Bertz CT molecular complexity index is 722. The van der Waals surface area contributed by atoms with Crippen LogP contribution in [0.1, 0.15) is 12.6 Å². The zero-order chi connectivity index (χ0) is 13.2. The van der Waals surface area contributed by atoms with Gasteiger partial charge in [-0.25, -0.2) is 4.98 Å². The summed E-state index contributed by atoms with van der Waals surface area (Å²) in [5, 5.41) is 8.13. The molecule has 0 fully saturated rings. The maximum Gasteiger partial charge on any atom is 0.254 e. The number of aromatic nitrogens is 4. The number of rotatable bonds is 3. The lowest BCUT2D eigenvalue weighted by Crippen LogP contribution is -2.03. The van der Waals surface area contributed by atoms with Gasteiger partial charge < -0.3 is 5.32 Å². The zero-order valence-corrected chi connectivity index (χ0v) is 11.1. The van der Waals surface area contributed by atoms with Crippen LogP contribution in [0.3, 0.4) is 0 Å². The number of benzene rings is 1. The summed E-state index contributed by atoms with van der Waals surface area (Å²) < 4.78 is 1.67. The van der Waals surface area contributed by atoms with Crippen molar-refractivity contribution in [3.63, 3.8) is 0 Å². The quantitative estimate of drug-likeness (QED) is 0.797. The molecule has 1 N–H and O–H groups in total. The van der Waals surface area contributed by atoms with E-state index in [2.05, 4.69) is 27.3 Å². The fourth-order valence-electron chi connectivity index (χ4n) is 1.85. The van der Waals surface area contributed by atoms with Crippen molar-refractivity contribution in [1.29, 1.82) is 0 Å². The third-order valence-corrected chi connectivity index (χ3v) is 3.00. The molecule has 0 atom stereocenters. The first-order chi connectivity index (χ1) is 9.26. The Morgan fingerprint density at radius 1 is 1.32 bits per heavy atom. The molecule has 0 saturated carbocycles. The van der Waals surface area contributed by atoms with E-state index in [1.807, 2.05) is 30.3 Å². The van der Waals surface area contributed by atoms with Gasteiger partial charge in [0.1, 0.15) is 12.1 Å². The van der Waals surface area contributed by atoms with E-state index >= 15 is 0 Å². The normalized spacial score (nSPS) is 10.8. The average Bonchev–Trinajstić information content (AvgIpc) is 2.87. The number of nitrogens with zero attached hydrogens (tertiary/aromatic N) is 4. The van der Waals surface area contributed by atoms with Crippen LogP contribution in [0.5, 0.6) is 0 Å². The Kier molecular flexibility index (Phi) is 3.05. The Hall–Kier alpha value is -2.14. The minimum Gasteiger partial charge on any atom is -0.340 e. The van der Waals surface area contributed by atoms with Gasteiger partial charge in [-0.05, 0) is 24.6 Å². The molecule has 1 aromatic carbocycles. The van der Waals surface area contributed by atoms with Crippen molar-refractivity contribution in [2.45, 2.75) is 13.3 Å². The monoisotopic (exact) mass is 273 g/mol. The third-order valence-electron chi connectivity index (χ3n) is 2.76. The molecule has 2 heterocycles. The van der Waals surface area contributed by atoms with E-state index in [0.717, 1.165) is 23.6 Å². The summed E-state index contributed by atoms with van der Waals surface area (Å²) in [6, 6.07) is 9.49. The van der Waals surface area contributed by atoms with Gasteiger partial charge in [-0.15, -0.1) is 0 Å². The summed E-state index contributed by atoms with van der Waals surface area (Å²) in [5.74, 6) is 1.41. The molecule has 96 valence electrons. The van der Waals surface area contributed by atoms with Crippen LogP contribution in [0.4, 0.5) is 11.5 Å². The summed E-state index contributed by atoms with van der Waals surface area (Å²) in [4.78, 5) is 8.52. The Morgan fingerprint density at radius 2 is 2.21 bits per heavy atom. The van der Waals surface area contributed by atoms with Crippen molar-refractivity contribution in [3.8, 4) is 0 Å². The number of nitrogens with one attached hydrogen (secondary N) is 1. The minimum absolute atomic E-state index is 0.587. The van der Waals surface area contributed by atoms with Crippen molar-refractivity contribution >= 4 is 28.9 Å². The summed E-state index contributed by atoms with van der Waals surface area (Å²) >= 11 is 5.98. The molecule has 5 nitrogen and oxygen atoms in total. The molecule has 0 aliphatic heterocycles. The smallest absolute Gasteiger partial charge is 0.254 e. The van der Waals surface area contributed by atoms with Gasteiger partial charge in [0, 0.05) is 22.5 Å². The van der Waals surface area contributed by atoms with Crippen LogP contribution in [0.15, 0.2) is 36.7 Å². The van der Waals surface area contributed by atoms with Gasteiger partial charge in [0.05, 0.1) is 0 Å². The highest BCUT2D eigenvalue weighted by Crippen LogP contribution is 2.20. The molecule has 0 unspecified atom stereocenters. The van der Waals surface area contributed by atoms with E-state index < -0.39 is 0 Å². The molecule has 0 amide bonds. The molecule has 0 spiro atoms. The summed E-state index contributed by atoms with van der Waals surface area (Å²) in [6.07, 6.45) is 2.33. The lowest BCUT2D eigenvalue weighted by molar-refractivity contribution is 0.918. The fraction of sp³-hybridized carbons (Fsp3) is 0.154. The highest BCUT2D eigenvalue weighted by Gasteiger charge is 2.07. The highest BCUT2D eigenvalue weighted by atomic mass is 35.5. The van der Waals surface area contributed by atoms with E-state index in [-0.39, 0.29) is 0 Å². The van der Waals surface area contributed by atoms with Gasteiger partial charge in [-0.1, -0.05) is 24.6 Å². The van der Waals surface area contributed by atoms with Crippen LogP contribution >= 0.6 is 11.6 Å². The number of hydrogen-bond acceptors (Lipinski definition) is 4. The van der Waals surface area contributed by atoms with Gasteiger partial charge in [-0.3, -0.25) is 0 Å². The summed E-state index contributed by atoms with van der Waals surface area (Å²) in [5.41, 5.74) is 1.86. The second kappa shape index (κ2) is 4.85. The Labute approximate surface area is 115 Å². The van der Waals surface area contributed by atoms with Crippen LogP contribution in [0.2, 0.25) is 5.02 Å². The second-order valence-corrected chi connectivity index (χ2v) is 4.53. The van der Waals surface area contributed by atoms with E-state index in [9.17, 15) is 0 Å². The molecule has 0 aliphatic rings. The third kappa shape index (κ3) is 2.37. The topological polar surface area (TPSA) is 55.1 Å². The van der Waals surface area contributed by atoms with Crippen molar-refractivity contribution in [2.75, 3.05) is 5.32 Å². The van der Waals surface area contributed by atoms with Crippen molar-refractivity contribution in [3.05, 3.63) is 47.4 Å². The van der Waals surface area contributed by atoms with Crippen LogP contribution in [0.25, 0.3) is 5.78 Å². The number of hydrogen-bond donors (Lipinski definition) is 1. The molecular formula is C13H12ClN5. The van der Waals surface area contributed by atoms with Gasteiger partial charge in [0.25, 0.3) is 5.78 Å². The molecule has 2 aromatic heterocycles. The second-order valence-electron chi connectivity index (χ2n) is 4.09. The predicted molar refractivity (Wildman–Crippen MR) is 74.9 cm³/mol. The van der Waals surface area contributed by atoms with Crippen molar-refractivity contribution < 1.29 is 0 Å². The number of fused-ring (bicyclic) bond motifs is 1. The van der Waals surface area contributed by atoms with Crippen LogP contribution in [-0.2, 0) is 6.42 Å². The van der Waals surface area contributed by atoms with Gasteiger partial charge >= 0.3 is 0 Å². The molecular weight excluding hydrogens is 262 g/mol. The first-order valence-electron chi connectivity index (χ1n) is 5.98. The molecule has 3 aromatic rings. The molecule has 19 heavy (non-hydrogen) atoms. The highest BCUT2D eigenvalue weighted by molar-refractivity contribution is 6.30. The van der Waals surface area contributed by atoms with Crippen LogP contribution in [0, 0.1) is 0 Å². The first kappa shape index (κ1) is 11.9. The average molecular weight is 274 g/mol. The minimum atomic E-state index is 0.587.